The summed E-state index contributed by atoms with van der Waals surface area (Å²) >= 11 is 7.71. The fraction of sp³-hybridized carbons (Fsp3) is 0.316. The lowest BCUT2D eigenvalue weighted by Gasteiger charge is -2.33. The molecule has 0 N–H and O–H groups in total. The van der Waals surface area contributed by atoms with Crippen molar-refractivity contribution in [3.8, 4) is 0 Å². The summed E-state index contributed by atoms with van der Waals surface area (Å²) in [4.78, 5) is 15.3. The van der Waals surface area contributed by atoms with E-state index in [0.717, 1.165) is 10.5 Å². The van der Waals surface area contributed by atoms with Crippen LogP contribution in [-0.2, 0) is 9.53 Å². The number of ether oxygens (including phenoxy) is 1. The van der Waals surface area contributed by atoms with E-state index in [1.165, 1.54) is 12.1 Å². The third-order valence-corrected chi connectivity index (χ3v) is 5.59. The molecule has 6 heteroatoms. The van der Waals surface area contributed by atoms with Crippen LogP contribution in [0.2, 0.25) is 5.02 Å². The molecule has 132 valence electrons. The smallest absolute Gasteiger partial charge is 0.223 e. The minimum Gasteiger partial charge on any atom is -0.370 e. The fourth-order valence-electron chi connectivity index (χ4n) is 2.72. The monoisotopic (exact) mass is 379 g/mol. The molecule has 25 heavy (non-hydrogen) atoms. The Morgan fingerprint density at radius 3 is 2.76 bits per heavy atom. The summed E-state index contributed by atoms with van der Waals surface area (Å²) < 4.78 is 18.8. The Labute approximate surface area is 156 Å². The molecule has 0 aliphatic carbocycles. The lowest BCUT2D eigenvalue weighted by molar-refractivity contribution is -0.138. The Hall–Kier alpha value is -1.56. The van der Waals surface area contributed by atoms with Crippen molar-refractivity contribution >= 4 is 29.3 Å². The molecule has 1 unspecified atom stereocenters. The number of nitrogens with zero attached hydrogens (tertiary/aromatic N) is 1. The Morgan fingerprint density at radius 2 is 2.00 bits per heavy atom. The van der Waals surface area contributed by atoms with E-state index >= 15 is 0 Å². The van der Waals surface area contributed by atoms with Crippen LogP contribution in [0.3, 0.4) is 0 Å². The van der Waals surface area contributed by atoms with Crippen LogP contribution >= 0.6 is 23.4 Å². The van der Waals surface area contributed by atoms with Gasteiger partial charge < -0.3 is 9.64 Å². The van der Waals surface area contributed by atoms with Crippen LogP contribution in [0.25, 0.3) is 0 Å². The van der Waals surface area contributed by atoms with Gasteiger partial charge in [-0.3, -0.25) is 4.79 Å². The molecule has 0 spiro atoms. The van der Waals surface area contributed by atoms with Crippen LogP contribution in [-0.4, -0.2) is 36.3 Å². The highest BCUT2D eigenvalue weighted by Crippen LogP contribution is 2.28. The number of amides is 1. The zero-order valence-corrected chi connectivity index (χ0v) is 15.2. The zero-order valence-electron chi connectivity index (χ0n) is 13.7. The van der Waals surface area contributed by atoms with Gasteiger partial charge in [-0.1, -0.05) is 35.9 Å². The van der Waals surface area contributed by atoms with E-state index < -0.39 is 0 Å². The number of halogens is 2. The Bertz CT molecular complexity index is 726. The van der Waals surface area contributed by atoms with Gasteiger partial charge in [0.2, 0.25) is 5.91 Å². The van der Waals surface area contributed by atoms with E-state index in [1.807, 2.05) is 29.2 Å². The second kappa shape index (κ2) is 8.70. The van der Waals surface area contributed by atoms with Gasteiger partial charge >= 0.3 is 0 Å². The molecule has 1 aliphatic rings. The normalized spacial score (nSPS) is 17.5. The van der Waals surface area contributed by atoms with Gasteiger partial charge in [0, 0.05) is 23.6 Å². The van der Waals surface area contributed by atoms with Crippen LogP contribution < -0.4 is 0 Å². The number of hydrogen-bond donors (Lipinski definition) is 0. The lowest BCUT2D eigenvalue weighted by atomic mass is 10.1. The average Bonchev–Trinajstić information content (AvgIpc) is 2.64. The van der Waals surface area contributed by atoms with Crippen molar-refractivity contribution in [1.82, 2.24) is 4.90 Å². The molecule has 0 radical (unpaired) electrons. The molecule has 1 fully saturated rings. The predicted octanol–water partition coefficient (Wildman–Crippen LogP) is 4.56. The van der Waals surface area contributed by atoms with E-state index in [9.17, 15) is 9.18 Å². The number of rotatable bonds is 5. The maximum atomic E-state index is 13.0. The van der Waals surface area contributed by atoms with Crippen molar-refractivity contribution in [1.29, 1.82) is 0 Å². The molecule has 0 aromatic heterocycles. The first kappa shape index (κ1) is 18.2. The quantitative estimate of drug-likeness (QED) is 0.713. The topological polar surface area (TPSA) is 29.5 Å². The molecule has 1 amide bonds. The summed E-state index contributed by atoms with van der Waals surface area (Å²) in [6, 6.07) is 13.9. The Balaban J connectivity index is 1.51. The number of thioether (sulfide) groups is 1. The average molecular weight is 380 g/mol. The second-order valence-corrected chi connectivity index (χ2v) is 7.32. The summed E-state index contributed by atoms with van der Waals surface area (Å²) in [5.74, 6) is 0.514. The summed E-state index contributed by atoms with van der Waals surface area (Å²) in [7, 11) is 0. The van der Waals surface area contributed by atoms with Crippen LogP contribution in [0.1, 0.15) is 18.1 Å². The van der Waals surface area contributed by atoms with Crippen molar-refractivity contribution in [3.05, 3.63) is 64.9 Å². The molecule has 1 aliphatic heterocycles. The summed E-state index contributed by atoms with van der Waals surface area (Å²) in [5, 5.41) is 0.711. The van der Waals surface area contributed by atoms with Gasteiger partial charge in [0.25, 0.3) is 0 Å². The van der Waals surface area contributed by atoms with Crippen LogP contribution in [0.4, 0.5) is 4.39 Å². The predicted molar refractivity (Wildman–Crippen MR) is 98.5 cm³/mol. The fourth-order valence-corrected chi connectivity index (χ4v) is 3.90. The van der Waals surface area contributed by atoms with E-state index in [0.29, 0.717) is 36.9 Å². The SMILES string of the molecule is O=C(CCSc1ccccc1Cl)N1CCOC(c2ccc(F)cc2)C1. The lowest BCUT2D eigenvalue weighted by Crippen LogP contribution is -2.42. The van der Waals surface area contributed by atoms with Crippen molar-refractivity contribution in [2.24, 2.45) is 0 Å². The first-order valence-electron chi connectivity index (χ1n) is 8.15. The van der Waals surface area contributed by atoms with Gasteiger partial charge in [-0.2, -0.15) is 0 Å². The zero-order chi connectivity index (χ0) is 17.6. The van der Waals surface area contributed by atoms with Crippen molar-refractivity contribution in [3.63, 3.8) is 0 Å². The molecule has 0 bridgehead atoms. The minimum atomic E-state index is -0.274. The van der Waals surface area contributed by atoms with E-state index in [-0.39, 0.29) is 17.8 Å². The highest BCUT2D eigenvalue weighted by atomic mass is 35.5. The molecule has 1 heterocycles. The molecule has 1 atom stereocenters. The Kier molecular flexibility index (Phi) is 6.34. The van der Waals surface area contributed by atoms with Gasteiger partial charge in [-0.15, -0.1) is 11.8 Å². The first-order chi connectivity index (χ1) is 12.1. The van der Waals surface area contributed by atoms with Crippen LogP contribution in [0.15, 0.2) is 53.4 Å². The van der Waals surface area contributed by atoms with Gasteiger partial charge in [0.15, 0.2) is 0 Å². The van der Waals surface area contributed by atoms with E-state index in [1.54, 1.807) is 23.9 Å². The van der Waals surface area contributed by atoms with Crippen LogP contribution in [0, 0.1) is 5.82 Å². The summed E-state index contributed by atoms with van der Waals surface area (Å²) in [6.07, 6.45) is 0.251. The number of morpholine rings is 1. The third-order valence-electron chi connectivity index (χ3n) is 4.07. The molecule has 3 nitrogen and oxygen atoms in total. The first-order valence-corrected chi connectivity index (χ1v) is 9.52. The third kappa shape index (κ3) is 4.97. The van der Waals surface area contributed by atoms with Gasteiger partial charge in [0.1, 0.15) is 11.9 Å². The number of hydrogen-bond acceptors (Lipinski definition) is 3. The number of carbonyl (C=O) groups is 1. The molecule has 3 rings (SSSR count). The molecule has 2 aromatic carbocycles. The highest BCUT2D eigenvalue weighted by molar-refractivity contribution is 7.99. The summed E-state index contributed by atoms with van der Waals surface area (Å²) in [6.45, 7) is 1.58. The molecular formula is C19H19ClFNO2S. The van der Waals surface area contributed by atoms with Crippen molar-refractivity contribution < 1.29 is 13.9 Å². The van der Waals surface area contributed by atoms with Crippen LogP contribution in [0.5, 0.6) is 0 Å². The Morgan fingerprint density at radius 1 is 1.24 bits per heavy atom. The van der Waals surface area contributed by atoms with Gasteiger partial charge in [-0.05, 0) is 29.8 Å². The second-order valence-electron chi connectivity index (χ2n) is 5.78. The molecule has 1 saturated heterocycles. The standard InChI is InChI=1S/C19H19ClFNO2S/c20-16-3-1-2-4-18(16)25-12-9-19(23)22-10-11-24-17(13-22)14-5-7-15(21)8-6-14/h1-8,17H,9-13H2. The maximum absolute atomic E-state index is 13.0. The molecular weight excluding hydrogens is 361 g/mol. The molecule has 0 saturated carbocycles. The van der Waals surface area contributed by atoms with Gasteiger partial charge in [-0.25, -0.2) is 4.39 Å². The summed E-state index contributed by atoms with van der Waals surface area (Å²) in [5.41, 5.74) is 0.893. The maximum Gasteiger partial charge on any atom is 0.223 e. The minimum absolute atomic E-state index is 0.106. The largest absolute Gasteiger partial charge is 0.370 e. The van der Waals surface area contributed by atoms with Crippen molar-refractivity contribution in [2.75, 3.05) is 25.4 Å². The number of benzene rings is 2. The van der Waals surface area contributed by atoms with E-state index in [4.69, 9.17) is 16.3 Å². The van der Waals surface area contributed by atoms with E-state index in [2.05, 4.69) is 0 Å². The number of carbonyl (C=O) groups excluding carboxylic acids is 1. The highest BCUT2D eigenvalue weighted by Gasteiger charge is 2.25. The van der Waals surface area contributed by atoms with Gasteiger partial charge in [0.05, 0.1) is 18.2 Å². The van der Waals surface area contributed by atoms with Crippen molar-refractivity contribution in [2.45, 2.75) is 17.4 Å². The molecule has 2 aromatic rings.